The number of piperidine rings is 1. The molecule has 2 unspecified atom stereocenters. The van der Waals surface area contributed by atoms with E-state index in [0.717, 1.165) is 5.56 Å². The molecule has 2 aromatic carbocycles. The maximum Gasteiger partial charge on any atom is 0.311 e. The molecular weight excluding hydrogens is 426 g/mol. The van der Waals surface area contributed by atoms with Gasteiger partial charge in [-0.05, 0) is 49.1 Å². The van der Waals surface area contributed by atoms with Crippen LogP contribution in [0.25, 0.3) is 0 Å². The highest BCUT2D eigenvalue weighted by Gasteiger charge is 2.63. The highest BCUT2D eigenvalue weighted by molar-refractivity contribution is 7.89. The molecule has 1 saturated carbocycles. The van der Waals surface area contributed by atoms with E-state index in [-0.39, 0.29) is 17.8 Å². The highest BCUT2D eigenvalue weighted by atomic mass is 35.5. The number of halogens is 1. The monoisotopic (exact) mass is 449 g/mol. The van der Waals surface area contributed by atoms with Crippen LogP contribution in [0.3, 0.4) is 0 Å². The van der Waals surface area contributed by atoms with Gasteiger partial charge in [0.2, 0.25) is 10.0 Å². The Hall–Kier alpha value is -2.09. The molecule has 2 atom stereocenters. The molecule has 0 spiro atoms. The SMILES string of the molecule is O=C(O)C1(CS(=O)(=O)N2CCC(Oc3ccc(Cl)cc3)CC2)CC1c1ccccc1. The summed E-state index contributed by atoms with van der Waals surface area (Å²) in [4.78, 5) is 12.0. The zero-order valence-electron chi connectivity index (χ0n) is 16.4. The number of aliphatic carboxylic acids is 1. The molecule has 2 aromatic rings. The van der Waals surface area contributed by atoms with Crippen molar-refractivity contribution in [1.82, 2.24) is 4.31 Å². The van der Waals surface area contributed by atoms with Gasteiger partial charge in [0.25, 0.3) is 0 Å². The molecule has 2 fully saturated rings. The standard InChI is InChI=1S/C22H24ClNO5S/c23-17-6-8-18(9-7-17)29-19-10-12-24(13-11-19)30(27,28)15-22(21(25)26)14-20(22)16-4-2-1-3-5-16/h1-9,19-20H,10-15H2,(H,25,26). The van der Waals surface area contributed by atoms with Crippen molar-refractivity contribution in [1.29, 1.82) is 0 Å². The van der Waals surface area contributed by atoms with E-state index in [2.05, 4.69) is 0 Å². The van der Waals surface area contributed by atoms with Gasteiger partial charge in [0.15, 0.2) is 0 Å². The first-order chi connectivity index (χ1) is 14.3. The summed E-state index contributed by atoms with van der Waals surface area (Å²) < 4.78 is 33.4. The van der Waals surface area contributed by atoms with Gasteiger partial charge >= 0.3 is 5.97 Å². The first-order valence-corrected chi connectivity index (χ1v) is 12.0. The summed E-state index contributed by atoms with van der Waals surface area (Å²) in [5.41, 5.74) is -0.359. The van der Waals surface area contributed by atoms with E-state index in [1.54, 1.807) is 24.3 Å². The maximum atomic E-state index is 13.0. The molecule has 1 aliphatic carbocycles. The van der Waals surface area contributed by atoms with Crippen LogP contribution in [-0.4, -0.2) is 48.7 Å². The summed E-state index contributed by atoms with van der Waals surface area (Å²) in [5.74, 6) is -0.968. The molecule has 8 heteroatoms. The van der Waals surface area contributed by atoms with Crippen LogP contribution in [0.15, 0.2) is 54.6 Å². The van der Waals surface area contributed by atoms with Crippen molar-refractivity contribution >= 4 is 27.6 Å². The van der Waals surface area contributed by atoms with Crippen LogP contribution in [0.1, 0.15) is 30.7 Å². The topological polar surface area (TPSA) is 83.9 Å². The van der Waals surface area contributed by atoms with E-state index in [1.807, 2.05) is 30.3 Å². The minimum atomic E-state index is -3.69. The van der Waals surface area contributed by atoms with Crippen molar-refractivity contribution in [2.75, 3.05) is 18.8 Å². The Labute approximate surface area is 181 Å². The molecular formula is C22H24ClNO5S. The van der Waals surface area contributed by atoms with E-state index < -0.39 is 21.4 Å². The van der Waals surface area contributed by atoms with Crippen LogP contribution >= 0.6 is 11.6 Å². The Kier molecular flexibility index (Phi) is 5.79. The molecule has 0 radical (unpaired) electrons. The third-order valence-corrected chi connectivity index (χ3v) is 8.34. The third-order valence-electron chi connectivity index (χ3n) is 6.05. The Balaban J connectivity index is 1.38. The van der Waals surface area contributed by atoms with Crippen LogP contribution in [0.4, 0.5) is 0 Å². The maximum absolute atomic E-state index is 13.0. The van der Waals surface area contributed by atoms with E-state index in [9.17, 15) is 18.3 Å². The van der Waals surface area contributed by atoms with Gasteiger partial charge in [-0.25, -0.2) is 12.7 Å². The first kappa shape index (κ1) is 21.2. The van der Waals surface area contributed by atoms with Crippen LogP contribution in [0.2, 0.25) is 5.02 Å². The van der Waals surface area contributed by atoms with E-state index >= 15 is 0 Å². The number of rotatable bonds is 7. The Morgan fingerprint density at radius 1 is 1.10 bits per heavy atom. The Morgan fingerprint density at radius 3 is 2.33 bits per heavy atom. The minimum Gasteiger partial charge on any atom is -0.490 e. The second kappa shape index (κ2) is 8.21. The molecule has 1 aliphatic heterocycles. The molecule has 1 heterocycles. The molecule has 1 saturated heterocycles. The summed E-state index contributed by atoms with van der Waals surface area (Å²) >= 11 is 5.88. The number of carboxylic acid groups (broad SMARTS) is 1. The molecule has 30 heavy (non-hydrogen) atoms. The summed E-state index contributed by atoms with van der Waals surface area (Å²) in [6.07, 6.45) is 1.39. The van der Waals surface area contributed by atoms with Crippen molar-refractivity contribution in [2.45, 2.75) is 31.3 Å². The lowest BCUT2D eigenvalue weighted by molar-refractivity contribution is -0.142. The van der Waals surface area contributed by atoms with Gasteiger partial charge in [-0.3, -0.25) is 4.79 Å². The second-order valence-corrected chi connectivity index (χ2v) is 10.5. The zero-order valence-corrected chi connectivity index (χ0v) is 18.0. The molecule has 2 aliphatic rings. The van der Waals surface area contributed by atoms with Crippen molar-refractivity contribution in [3.8, 4) is 5.75 Å². The van der Waals surface area contributed by atoms with Gasteiger partial charge < -0.3 is 9.84 Å². The van der Waals surface area contributed by atoms with Crippen molar-refractivity contribution in [3.05, 3.63) is 65.2 Å². The van der Waals surface area contributed by atoms with E-state index in [1.165, 1.54) is 4.31 Å². The summed E-state index contributed by atoms with van der Waals surface area (Å²) in [6.45, 7) is 0.651. The van der Waals surface area contributed by atoms with Gasteiger partial charge in [-0.1, -0.05) is 41.9 Å². The average molecular weight is 450 g/mol. The molecule has 0 bridgehead atoms. The minimum absolute atomic E-state index is 0.0796. The lowest BCUT2D eigenvalue weighted by atomic mass is 10.0. The number of nitrogens with zero attached hydrogens (tertiary/aromatic N) is 1. The van der Waals surface area contributed by atoms with Crippen LogP contribution in [0, 0.1) is 5.41 Å². The van der Waals surface area contributed by atoms with Gasteiger partial charge in [-0.15, -0.1) is 0 Å². The highest BCUT2D eigenvalue weighted by Crippen LogP contribution is 2.60. The van der Waals surface area contributed by atoms with Gasteiger partial charge in [0.1, 0.15) is 11.9 Å². The lowest BCUT2D eigenvalue weighted by Gasteiger charge is -2.32. The van der Waals surface area contributed by atoms with Crippen molar-refractivity contribution in [3.63, 3.8) is 0 Å². The number of ether oxygens (including phenoxy) is 1. The molecule has 1 N–H and O–H groups in total. The van der Waals surface area contributed by atoms with Crippen LogP contribution in [0.5, 0.6) is 5.75 Å². The lowest BCUT2D eigenvalue weighted by Crippen LogP contribution is -2.45. The van der Waals surface area contributed by atoms with E-state index in [0.29, 0.717) is 43.1 Å². The molecule has 6 nitrogen and oxygen atoms in total. The van der Waals surface area contributed by atoms with Crippen molar-refractivity contribution in [2.24, 2.45) is 5.41 Å². The number of hydrogen-bond donors (Lipinski definition) is 1. The normalized spacial score (nSPS) is 25.0. The first-order valence-electron chi connectivity index (χ1n) is 9.98. The largest absolute Gasteiger partial charge is 0.490 e. The molecule has 0 aromatic heterocycles. The second-order valence-electron chi connectivity index (χ2n) is 8.06. The van der Waals surface area contributed by atoms with Crippen LogP contribution in [-0.2, 0) is 14.8 Å². The number of benzene rings is 2. The quantitative estimate of drug-likeness (QED) is 0.695. The molecule has 0 amide bonds. The predicted octanol–water partition coefficient (Wildman–Crippen LogP) is 3.77. The van der Waals surface area contributed by atoms with Gasteiger partial charge in [0.05, 0.1) is 11.2 Å². The number of carbonyl (C=O) groups is 1. The Morgan fingerprint density at radius 2 is 1.73 bits per heavy atom. The van der Waals surface area contributed by atoms with Gasteiger partial charge in [0, 0.05) is 24.0 Å². The van der Waals surface area contributed by atoms with Crippen LogP contribution < -0.4 is 4.74 Å². The fourth-order valence-corrected chi connectivity index (χ4v) is 6.40. The number of hydrogen-bond acceptors (Lipinski definition) is 4. The summed E-state index contributed by atoms with van der Waals surface area (Å²) in [6, 6.07) is 16.4. The number of carboxylic acids is 1. The number of sulfonamides is 1. The van der Waals surface area contributed by atoms with Gasteiger partial charge in [-0.2, -0.15) is 0 Å². The molecule has 160 valence electrons. The third kappa shape index (κ3) is 4.33. The average Bonchev–Trinajstić information content (AvgIpc) is 3.46. The fraction of sp³-hybridized carbons (Fsp3) is 0.409. The summed E-state index contributed by atoms with van der Waals surface area (Å²) in [7, 11) is -3.69. The van der Waals surface area contributed by atoms with Crippen molar-refractivity contribution < 1.29 is 23.1 Å². The van der Waals surface area contributed by atoms with E-state index in [4.69, 9.17) is 16.3 Å². The fourth-order valence-electron chi connectivity index (χ4n) is 4.24. The summed E-state index contributed by atoms with van der Waals surface area (Å²) in [5, 5.41) is 10.4. The smallest absolute Gasteiger partial charge is 0.311 e. The Bertz CT molecular complexity index is 1000. The predicted molar refractivity (Wildman–Crippen MR) is 114 cm³/mol. The zero-order chi connectivity index (χ0) is 21.4. The molecule has 4 rings (SSSR count).